The summed E-state index contributed by atoms with van der Waals surface area (Å²) in [4.78, 5) is 16.2. The monoisotopic (exact) mass is 351 g/mol. The topological polar surface area (TPSA) is 81.1 Å². The van der Waals surface area contributed by atoms with Gasteiger partial charge in [-0.05, 0) is 18.1 Å². The normalized spacial score (nSPS) is 12.1. The fourth-order valence-corrected chi connectivity index (χ4v) is 2.33. The predicted molar refractivity (Wildman–Crippen MR) is 83.7 cm³/mol. The van der Waals surface area contributed by atoms with Crippen molar-refractivity contribution in [2.75, 3.05) is 0 Å². The fraction of sp³-hybridized carbons (Fsp3) is 0.333. The number of benzene rings is 1. The van der Waals surface area contributed by atoms with E-state index in [-0.39, 0.29) is 17.6 Å². The molecule has 21 heavy (non-hydrogen) atoms. The first-order valence-electron chi connectivity index (χ1n) is 6.84. The Morgan fingerprint density at radius 2 is 2.24 bits per heavy atom. The largest absolute Gasteiger partial charge is 0.446 e. The van der Waals surface area contributed by atoms with Crippen LogP contribution in [0.1, 0.15) is 47.7 Å². The number of carbonyl (C=O) groups excluding carboxylic acids is 1. The third-order valence-corrected chi connectivity index (χ3v) is 3.84. The summed E-state index contributed by atoms with van der Waals surface area (Å²) in [5.74, 6) is 0.132. The van der Waals surface area contributed by atoms with Crippen LogP contribution in [0.3, 0.4) is 0 Å². The average Bonchev–Trinajstić information content (AvgIpc) is 2.96. The summed E-state index contributed by atoms with van der Waals surface area (Å²) in [6.45, 7) is 2.46. The summed E-state index contributed by atoms with van der Waals surface area (Å²) in [7, 11) is 0. The number of nitrogens with one attached hydrogen (secondary N) is 1. The molecule has 2 aromatic rings. The highest BCUT2D eigenvalue weighted by atomic mass is 79.9. The van der Waals surface area contributed by atoms with Crippen molar-refractivity contribution in [2.24, 2.45) is 5.73 Å². The minimum absolute atomic E-state index is 0.253. The van der Waals surface area contributed by atoms with Gasteiger partial charge in [-0.3, -0.25) is 4.79 Å². The second-order valence-electron chi connectivity index (χ2n) is 4.74. The second kappa shape index (κ2) is 7.38. The van der Waals surface area contributed by atoms with Gasteiger partial charge < -0.3 is 15.5 Å². The van der Waals surface area contributed by atoms with Crippen molar-refractivity contribution in [2.45, 2.75) is 32.4 Å². The Morgan fingerprint density at radius 3 is 2.95 bits per heavy atom. The van der Waals surface area contributed by atoms with Crippen molar-refractivity contribution >= 4 is 21.8 Å². The Balaban J connectivity index is 1.96. The summed E-state index contributed by atoms with van der Waals surface area (Å²) >= 11 is 3.44. The van der Waals surface area contributed by atoms with Crippen LogP contribution in [-0.4, -0.2) is 10.9 Å². The number of carbonyl (C=O) groups is 1. The van der Waals surface area contributed by atoms with Gasteiger partial charge in [0.1, 0.15) is 6.26 Å². The molecule has 112 valence electrons. The molecule has 5 nitrogen and oxygen atoms in total. The fourth-order valence-electron chi connectivity index (χ4n) is 1.90. The molecule has 1 unspecified atom stereocenters. The Labute approximate surface area is 132 Å². The van der Waals surface area contributed by atoms with E-state index in [9.17, 15) is 4.79 Å². The van der Waals surface area contributed by atoms with Gasteiger partial charge in [-0.2, -0.15) is 0 Å². The molecule has 0 saturated carbocycles. The lowest BCUT2D eigenvalue weighted by molar-refractivity contribution is 0.0946. The summed E-state index contributed by atoms with van der Waals surface area (Å²) < 4.78 is 6.22. The van der Waals surface area contributed by atoms with Crippen molar-refractivity contribution in [3.05, 3.63) is 52.1 Å². The first-order chi connectivity index (χ1) is 10.1. The molecule has 1 amide bonds. The third kappa shape index (κ3) is 4.15. The van der Waals surface area contributed by atoms with Gasteiger partial charge in [-0.1, -0.05) is 47.5 Å². The van der Waals surface area contributed by atoms with E-state index < -0.39 is 0 Å². The zero-order valence-electron chi connectivity index (χ0n) is 11.8. The smallest absolute Gasteiger partial charge is 0.273 e. The molecule has 1 aromatic heterocycles. The standard InChI is InChI=1S/C15H18BrN3O2/c1-2-5-12(17)15-19-13(9-21-15)14(20)18-8-10-6-3-4-7-11(10)16/h3-4,6-7,9,12H,2,5,8,17H2,1H3,(H,18,20). The highest BCUT2D eigenvalue weighted by Crippen LogP contribution is 2.17. The van der Waals surface area contributed by atoms with Crippen LogP contribution in [0, 0.1) is 0 Å². The van der Waals surface area contributed by atoms with Gasteiger partial charge in [-0.25, -0.2) is 4.98 Å². The summed E-state index contributed by atoms with van der Waals surface area (Å²) in [6.07, 6.45) is 3.06. The Kier molecular flexibility index (Phi) is 5.52. The Hall–Kier alpha value is -1.66. The molecule has 0 bridgehead atoms. The van der Waals surface area contributed by atoms with Crippen LogP contribution in [0.15, 0.2) is 39.4 Å². The molecular formula is C15H18BrN3O2. The maximum absolute atomic E-state index is 12.0. The van der Waals surface area contributed by atoms with Crippen LogP contribution < -0.4 is 11.1 Å². The highest BCUT2D eigenvalue weighted by Gasteiger charge is 2.16. The molecule has 0 aliphatic carbocycles. The number of halogens is 1. The third-order valence-electron chi connectivity index (χ3n) is 3.07. The molecule has 1 atom stereocenters. The maximum Gasteiger partial charge on any atom is 0.273 e. The van der Waals surface area contributed by atoms with Gasteiger partial charge in [0.2, 0.25) is 5.89 Å². The number of hydrogen-bond donors (Lipinski definition) is 2. The van der Waals surface area contributed by atoms with Crippen LogP contribution in [0.4, 0.5) is 0 Å². The molecule has 0 saturated heterocycles. The van der Waals surface area contributed by atoms with E-state index in [2.05, 4.69) is 26.2 Å². The number of amides is 1. The van der Waals surface area contributed by atoms with Crippen LogP contribution in [-0.2, 0) is 6.54 Å². The minimum atomic E-state index is -0.274. The van der Waals surface area contributed by atoms with Crippen molar-refractivity contribution < 1.29 is 9.21 Å². The minimum Gasteiger partial charge on any atom is -0.446 e. The molecule has 0 aliphatic rings. The van der Waals surface area contributed by atoms with E-state index in [4.69, 9.17) is 10.2 Å². The number of rotatable bonds is 6. The van der Waals surface area contributed by atoms with Gasteiger partial charge in [0, 0.05) is 11.0 Å². The van der Waals surface area contributed by atoms with Gasteiger partial charge in [-0.15, -0.1) is 0 Å². The van der Waals surface area contributed by atoms with Crippen molar-refractivity contribution in [1.29, 1.82) is 0 Å². The first kappa shape index (κ1) is 15.7. The van der Waals surface area contributed by atoms with E-state index >= 15 is 0 Å². The molecule has 1 heterocycles. The molecule has 6 heteroatoms. The van der Waals surface area contributed by atoms with Crippen molar-refractivity contribution in [3.8, 4) is 0 Å². The van der Waals surface area contributed by atoms with E-state index in [0.29, 0.717) is 12.4 Å². The predicted octanol–water partition coefficient (Wildman–Crippen LogP) is 3.17. The lowest BCUT2D eigenvalue weighted by Crippen LogP contribution is -2.23. The second-order valence-corrected chi connectivity index (χ2v) is 5.59. The molecule has 2 rings (SSSR count). The Bertz CT molecular complexity index is 612. The number of nitrogens with zero attached hydrogens (tertiary/aromatic N) is 1. The summed E-state index contributed by atoms with van der Waals surface area (Å²) in [6, 6.07) is 7.45. The number of hydrogen-bond acceptors (Lipinski definition) is 4. The van der Waals surface area contributed by atoms with E-state index in [1.807, 2.05) is 31.2 Å². The zero-order chi connectivity index (χ0) is 15.2. The van der Waals surface area contributed by atoms with Crippen LogP contribution in [0.5, 0.6) is 0 Å². The quantitative estimate of drug-likeness (QED) is 0.837. The van der Waals surface area contributed by atoms with E-state index in [0.717, 1.165) is 22.9 Å². The lowest BCUT2D eigenvalue weighted by atomic mass is 10.2. The molecule has 0 aliphatic heterocycles. The Morgan fingerprint density at radius 1 is 1.48 bits per heavy atom. The zero-order valence-corrected chi connectivity index (χ0v) is 13.4. The molecule has 0 spiro atoms. The highest BCUT2D eigenvalue weighted by molar-refractivity contribution is 9.10. The summed E-state index contributed by atoms with van der Waals surface area (Å²) in [5.41, 5.74) is 7.16. The SMILES string of the molecule is CCCC(N)c1nc(C(=O)NCc2ccccc2Br)co1. The van der Waals surface area contributed by atoms with Gasteiger partial charge in [0.25, 0.3) is 5.91 Å². The molecule has 3 N–H and O–H groups in total. The number of nitrogens with two attached hydrogens (primary N) is 1. The van der Waals surface area contributed by atoms with E-state index in [1.165, 1.54) is 6.26 Å². The molecule has 0 radical (unpaired) electrons. The van der Waals surface area contributed by atoms with Crippen LogP contribution in [0.2, 0.25) is 0 Å². The molecule has 1 aromatic carbocycles. The number of oxazole rings is 1. The summed E-state index contributed by atoms with van der Waals surface area (Å²) in [5, 5.41) is 2.81. The van der Waals surface area contributed by atoms with Crippen molar-refractivity contribution in [3.63, 3.8) is 0 Å². The molecular weight excluding hydrogens is 334 g/mol. The lowest BCUT2D eigenvalue weighted by Gasteiger charge is -2.05. The van der Waals surface area contributed by atoms with Gasteiger partial charge in [0.15, 0.2) is 5.69 Å². The van der Waals surface area contributed by atoms with Crippen LogP contribution in [0.25, 0.3) is 0 Å². The first-order valence-corrected chi connectivity index (χ1v) is 7.63. The van der Waals surface area contributed by atoms with Gasteiger partial charge in [0.05, 0.1) is 6.04 Å². The van der Waals surface area contributed by atoms with Crippen molar-refractivity contribution in [1.82, 2.24) is 10.3 Å². The van der Waals surface area contributed by atoms with Gasteiger partial charge >= 0.3 is 0 Å². The number of aromatic nitrogens is 1. The average molecular weight is 352 g/mol. The van der Waals surface area contributed by atoms with Crippen LogP contribution >= 0.6 is 15.9 Å². The molecule has 0 fully saturated rings. The van der Waals surface area contributed by atoms with E-state index in [1.54, 1.807) is 0 Å². The maximum atomic E-state index is 12.0.